The summed E-state index contributed by atoms with van der Waals surface area (Å²) >= 11 is 0. The Hall–Kier alpha value is -2.01. The Morgan fingerprint density at radius 3 is 2.65 bits per heavy atom. The van der Waals surface area contributed by atoms with Crippen LogP contribution < -0.4 is 4.74 Å². The van der Waals surface area contributed by atoms with Crippen molar-refractivity contribution in [3.05, 3.63) is 30.0 Å². The lowest BCUT2D eigenvalue weighted by atomic mass is 9.79. The van der Waals surface area contributed by atoms with Crippen LogP contribution in [0.3, 0.4) is 0 Å². The van der Waals surface area contributed by atoms with E-state index in [1.165, 1.54) is 7.11 Å². The molecule has 0 saturated heterocycles. The molecule has 0 aliphatic heterocycles. The summed E-state index contributed by atoms with van der Waals surface area (Å²) in [6, 6.07) is 5.64. The van der Waals surface area contributed by atoms with E-state index in [0.29, 0.717) is 0 Å². The lowest BCUT2D eigenvalue weighted by Gasteiger charge is -2.28. The molecule has 1 heterocycles. The Kier molecular flexibility index (Phi) is 3.72. The minimum absolute atomic E-state index is 0.646. The van der Waals surface area contributed by atoms with Gasteiger partial charge in [-0.25, -0.2) is 4.79 Å². The number of H-pyrrole nitrogens is 1. The molecular weight excluding hydrogens is 258 g/mol. The van der Waals surface area contributed by atoms with Crippen molar-refractivity contribution in [2.24, 2.45) is 0 Å². The first kappa shape index (κ1) is 14.4. The van der Waals surface area contributed by atoms with Gasteiger partial charge < -0.3 is 19.6 Å². The maximum atomic E-state index is 11.6. The Morgan fingerprint density at radius 1 is 1.35 bits per heavy atom. The average molecular weight is 277 g/mol. The van der Waals surface area contributed by atoms with Crippen LogP contribution in [0.15, 0.2) is 24.4 Å². The number of hydrogen-bond acceptors (Lipinski definition) is 4. The fourth-order valence-electron chi connectivity index (χ4n) is 2.31. The second kappa shape index (κ2) is 5.17. The van der Waals surface area contributed by atoms with E-state index >= 15 is 0 Å². The van der Waals surface area contributed by atoms with Gasteiger partial charge in [0.1, 0.15) is 5.75 Å². The van der Waals surface area contributed by atoms with Gasteiger partial charge in [-0.3, -0.25) is 0 Å². The van der Waals surface area contributed by atoms with Gasteiger partial charge in [-0.05, 0) is 23.8 Å². The molecular formula is C15H19NO4. The summed E-state index contributed by atoms with van der Waals surface area (Å²) in [6.45, 7) is 3.60. The van der Waals surface area contributed by atoms with Gasteiger partial charge in [0.15, 0.2) is 6.10 Å². The van der Waals surface area contributed by atoms with Gasteiger partial charge in [-0.15, -0.1) is 0 Å². The molecule has 2 rings (SSSR count). The predicted molar refractivity (Wildman–Crippen MR) is 75.9 cm³/mol. The summed E-state index contributed by atoms with van der Waals surface area (Å²) in [5, 5.41) is 11.1. The highest BCUT2D eigenvalue weighted by Crippen LogP contribution is 2.35. The molecule has 1 aromatic carbocycles. The molecule has 0 radical (unpaired) electrons. The zero-order chi connectivity index (χ0) is 14.9. The van der Waals surface area contributed by atoms with Crippen molar-refractivity contribution in [1.29, 1.82) is 0 Å². The van der Waals surface area contributed by atoms with Crippen molar-refractivity contribution in [1.82, 2.24) is 4.98 Å². The number of aromatic nitrogens is 1. The quantitative estimate of drug-likeness (QED) is 0.838. The van der Waals surface area contributed by atoms with Crippen molar-refractivity contribution in [3.8, 4) is 5.75 Å². The maximum Gasteiger partial charge on any atom is 0.335 e. The van der Waals surface area contributed by atoms with Crippen molar-refractivity contribution in [3.63, 3.8) is 0 Å². The summed E-state index contributed by atoms with van der Waals surface area (Å²) < 4.78 is 9.85. The number of aliphatic hydroxyl groups is 1. The van der Waals surface area contributed by atoms with E-state index in [-0.39, 0.29) is 0 Å². The molecule has 108 valence electrons. The molecule has 1 atom stereocenters. The van der Waals surface area contributed by atoms with Crippen LogP contribution in [-0.2, 0) is 14.9 Å². The van der Waals surface area contributed by atoms with Gasteiger partial charge in [0.25, 0.3) is 0 Å². The molecule has 2 N–H and O–H groups in total. The third-order valence-electron chi connectivity index (χ3n) is 3.69. The Labute approximate surface area is 117 Å². The standard InChI is InChI=1S/C15H19NO4/c1-15(2,13(17)14(18)20-4)11-8-16-12-6-5-9(19-3)7-10(11)12/h5-8,13,16-17H,1-4H3. The lowest BCUT2D eigenvalue weighted by Crippen LogP contribution is -2.40. The van der Waals surface area contributed by atoms with Crippen LogP contribution in [0.4, 0.5) is 0 Å². The largest absolute Gasteiger partial charge is 0.497 e. The Bertz CT molecular complexity index is 630. The summed E-state index contributed by atoms with van der Waals surface area (Å²) in [4.78, 5) is 14.7. The van der Waals surface area contributed by atoms with Crippen LogP contribution >= 0.6 is 0 Å². The van der Waals surface area contributed by atoms with Crippen LogP contribution in [0.2, 0.25) is 0 Å². The Morgan fingerprint density at radius 2 is 2.05 bits per heavy atom. The van der Waals surface area contributed by atoms with Crippen LogP contribution in [0.25, 0.3) is 10.9 Å². The molecule has 0 aliphatic carbocycles. The number of rotatable bonds is 4. The maximum absolute atomic E-state index is 11.6. The minimum atomic E-state index is -1.24. The summed E-state index contributed by atoms with van der Waals surface area (Å²) in [5.74, 6) is 0.0777. The number of esters is 1. The number of hydrogen-bond donors (Lipinski definition) is 2. The van der Waals surface area contributed by atoms with E-state index in [9.17, 15) is 9.90 Å². The molecule has 2 aromatic rings. The molecule has 1 unspecified atom stereocenters. The van der Waals surface area contributed by atoms with Crippen LogP contribution in [0, 0.1) is 0 Å². The van der Waals surface area contributed by atoms with Gasteiger partial charge in [-0.2, -0.15) is 0 Å². The van der Waals surface area contributed by atoms with Crippen LogP contribution in [0.1, 0.15) is 19.4 Å². The van der Waals surface area contributed by atoms with Crippen LogP contribution in [-0.4, -0.2) is 36.4 Å². The molecule has 1 aromatic heterocycles. The zero-order valence-electron chi connectivity index (χ0n) is 12.1. The lowest BCUT2D eigenvalue weighted by molar-refractivity contribution is -0.153. The van der Waals surface area contributed by atoms with Crippen molar-refractivity contribution < 1.29 is 19.4 Å². The first-order chi connectivity index (χ1) is 9.41. The van der Waals surface area contributed by atoms with Crippen molar-refractivity contribution in [2.45, 2.75) is 25.4 Å². The zero-order valence-corrected chi connectivity index (χ0v) is 12.1. The summed E-state index contributed by atoms with van der Waals surface area (Å²) in [6.07, 6.45) is 0.564. The fourth-order valence-corrected chi connectivity index (χ4v) is 2.31. The van der Waals surface area contributed by atoms with Crippen molar-refractivity contribution in [2.75, 3.05) is 14.2 Å². The molecule has 5 nitrogen and oxygen atoms in total. The minimum Gasteiger partial charge on any atom is -0.497 e. The third-order valence-corrected chi connectivity index (χ3v) is 3.69. The smallest absolute Gasteiger partial charge is 0.335 e. The first-order valence-corrected chi connectivity index (χ1v) is 6.33. The molecule has 0 spiro atoms. The topological polar surface area (TPSA) is 71.5 Å². The van der Waals surface area contributed by atoms with Gasteiger partial charge in [0.2, 0.25) is 0 Å². The molecule has 0 aliphatic rings. The van der Waals surface area contributed by atoms with Crippen LogP contribution in [0.5, 0.6) is 5.75 Å². The number of carbonyl (C=O) groups excluding carboxylic acids is 1. The summed E-state index contributed by atoms with van der Waals surface area (Å²) in [7, 11) is 2.86. The number of fused-ring (bicyclic) bond motifs is 1. The van der Waals surface area contributed by atoms with E-state index in [1.807, 2.05) is 18.2 Å². The normalized spacial score (nSPS) is 13.2. The Balaban J connectivity index is 2.53. The van der Waals surface area contributed by atoms with E-state index in [1.54, 1.807) is 27.2 Å². The number of aliphatic hydroxyl groups excluding tert-OH is 1. The third kappa shape index (κ3) is 2.25. The number of aromatic amines is 1. The SMILES string of the molecule is COC(=O)C(O)C(C)(C)c1c[nH]c2ccc(OC)cc12. The highest BCUT2D eigenvalue weighted by molar-refractivity contribution is 5.87. The molecule has 0 fully saturated rings. The number of nitrogens with one attached hydrogen (secondary N) is 1. The average Bonchev–Trinajstić information content (AvgIpc) is 2.88. The second-order valence-electron chi connectivity index (χ2n) is 5.26. The van der Waals surface area contributed by atoms with Crippen molar-refractivity contribution >= 4 is 16.9 Å². The molecule has 0 amide bonds. The van der Waals surface area contributed by atoms with E-state index < -0.39 is 17.5 Å². The van der Waals surface area contributed by atoms with E-state index in [0.717, 1.165) is 22.2 Å². The molecule has 5 heteroatoms. The number of carbonyl (C=O) groups is 1. The second-order valence-corrected chi connectivity index (χ2v) is 5.26. The highest BCUT2D eigenvalue weighted by Gasteiger charge is 2.37. The fraction of sp³-hybridized carbons (Fsp3) is 0.400. The van der Waals surface area contributed by atoms with E-state index in [4.69, 9.17) is 4.74 Å². The van der Waals surface area contributed by atoms with Gasteiger partial charge in [0.05, 0.1) is 14.2 Å². The summed E-state index contributed by atoms with van der Waals surface area (Å²) in [5.41, 5.74) is 0.979. The van der Waals surface area contributed by atoms with Gasteiger partial charge in [-0.1, -0.05) is 13.8 Å². The molecule has 0 bridgehead atoms. The molecule has 0 saturated carbocycles. The molecule has 20 heavy (non-hydrogen) atoms. The van der Waals surface area contributed by atoms with Gasteiger partial charge in [0, 0.05) is 22.5 Å². The number of benzene rings is 1. The number of methoxy groups -OCH3 is 2. The first-order valence-electron chi connectivity index (χ1n) is 6.33. The monoisotopic (exact) mass is 277 g/mol. The predicted octanol–water partition coefficient (Wildman–Crippen LogP) is 1.99. The van der Waals surface area contributed by atoms with Gasteiger partial charge >= 0.3 is 5.97 Å². The highest BCUT2D eigenvalue weighted by atomic mass is 16.5. The van der Waals surface area contributed by atoms with E-state index in [2.05, 4.69) is 9.72 Å². The number of ether oxygens (including phenoxy) is 2.